The van der Waals surface area contributed by atoms with Gasteiger partial charge in [-0.25, -0.2) is 0 Å². The number of hydrogen-bond donors (Lipinski definition) is 0. The van der Waals surface area contributed by atoms with Gasteiger partial charge in [-0.2, -0.15) is 0 Å². The highest BCUT2D eigenvalue weighted by Gasteiger charge is 2.35. The average Bonchev–Trinajstić information content (AvgIpc) is 3.58. The van der Waals surface area contributed by atoms with Gasteiger partial charge in [0.05, 0.1) is 0 Å². The van der Waals surface area contributed by atoms with Crippen LogP contribution in [0.1, 0.15) is 25.0 Å². The summed E-state index contributed by atoms with van der Waals surface area (Å²) in [6.07, 6.45) is 0. The zero-order chi connectivity index (χ0) is 42.3. The fourth-order valence-corrected chi connectivity index (χ4v) is 9.72. The van der Waals surface area contributed by atoms with E-state index in [2.05, 4.69) is 266 Å². The summed E-state index contributed by atoms with van der Waals surface area (Å²) in [5.41, 5.74) is 19.3. The Hall–Kier alpha value is -7.94. The fourth-order valence-electron chi connectivity index (χ4n) is 9.72. The molecule has 0 aliphatic heterocycles. The number of anilines is 6. The van der Waals surface area contributed by atoms with Crippen LogP contribution in [0.4, 0.5) is 34.1 Å². The van der Waals surface area contributed by atoms with Crippen LogP contribution in [0, 0.1) is 0 Å². The van der Waals surface area contributed by atoms with Crippen molar-refractivity contribution in [3.8, 4) is 44.5 Å². The highest BCUT2D eigenvalue weighted by atomic mass is 15.1. The fraction of sp³-hybridized carbons (Fsp3) is 0.0492. The summed E-state index contributed by atoms with van der Waals surface area (Å²) in [5.74, 6) is 0. The van der Waals surface area contributed by atoms with Gasteiger partial charge in [0.15, 0.2) is 0 Å². The van der Waals surface area contributed by atoms with E-state index in [-0.39, 0.29) is 5.41 Å². The van der Waals surface area contributed by atoms with Crippen molar-refractivity contribution in [1.29, 1.82) is 0 Å². The smallest absolute Gasteiger partial charge is 0.0465 e. The second-order valence-electron chi connectivity index (χ2n) is 17.0. The minimum Gasteiger partial charge on any atom is -0.311 e. The van der Waals surface area contributed by atoms with Crippen molar-refractivity contribution in [1.82, 2.24) is 0 Å². The van der Waals surface area contributed by atoms with Gasteiger partial charge in [0.1, 0.15) is 0 Å². The van der Waals surface area contributed by atoms with Crippen molar-refractivity contribution in [3.05, 3.63) is 254 Å². The first-order valence-electron chi connectivity index (χ1n) is 21.8. The normalized spacial score (nSPS) is 12.4. The maximum absolute atomic E-state index is 2.40. The predicted octanol–water partition coefficient (Wildman–Crippen LogP) is 17.1. The molecule has 2 heteroatoms. The molecule has 0 spiro atoms. The van der Waals surface area contributed by atoms with Crippen LogP contribution in [0.2, 0.25) is 0 Å². The van der Waals surface area contributed by atoms with Gasteiger partial charge in [0.25, 0.3) is 0 Å². The lowest BCUT2D eigenvalue weighted by Gasteiger charge is -2.28. The van der Waals surface area contributed by atoms with Crippen molar-refractivity contribution in [3.63, 3.8) is 0 Å². The number of fused-ring (bicyclic) bond motifs is 4. The van der Waals surface area contributed by atoms with Crippen LogP contribution in [-0.2, 0) is 5.41 Å². The van der Waals surface area contributed by atoms with Crippen molar-refractivity contribution in [2.75, 3.05) is 9.80 Å². The summed E-state index contributed by atoms with van der Waals surface area (Å²) in [7, 11) is 0. The van der Waals surface area contributed by atoms with E-state index in [0.29, 0.717) is 0 Å². The number of benzene rings is 10. The molecule has 11 rings (SSSR count). The average molecular weight is 807 g/mol. The van der Waals surface area contributed by atoms with E-state index in [4.69, 9.17) is 0 Å². The molecule has 0 aromatic heterocycles. The molecule has 0 amide bonds. The summed E-state index contributed by atoms with van der Waals surface area (Å²) in [5, 5.41) is 2.47. The maximum Gasteiger partial charge on any atom is 0.0465 e. The first-order valence-corrected chi connectivity index (χ1v) is 21.8. The molecule has 0 bridgehead atoms. The summed E-state index contributed by atoms with van der Waals surface area (Å²) in [6, 6.07) is 88.1. The largest absolute Gasteiger partial charge is 0.311 e. The lowest BCUT2D eigenvalue weighted by atomic mass is 9.82. The van der Waals surface area contributed by atoms with Gasteiger partial charge < -0.3 is 9.80 Å². The number of para-hydroxylation sites is 2. The van der Waals surface area contributed by atoms with Gasteiger partial charge in [0.2, 0.25) is 0 Å². The zero-order valence-corrected chi connectivity index (χ0v) is 35.5. The third kappa shape index (κ3) is 6.87. The van der Waals surface area contributed by atoms with E-state index < -0.39 is 0 Å². The van der Waals surface area contributed by atoms with E-state index in [0.717, 1.165) is 34.1 Å². The highest BCUT2D eigenvalue weighted by molar-refractivity contribution is 6.06. The molecular weight excluding hydrogens is 761 g/mol. The van der Waals surface area contributed by atoms with Gasteiger partial charge in [-0.05, 0) is 139 Å². The zero-order valence-electron chi connectivity index (χ0n) is 35.5. The van der Waals surface area contributed by atoms with E-state index >= 15 is 0 Å². The van der Waals surface area contributed by atoms with E-state index in [1.165, 1.54) is 66.4 Å². The Balaban J connectivity index is 0.946. The quantitative estimate of drug-likeness (QED) is 0.143. The summed E-state index contributed by atoms with van der Waals surface area (Å²) >= 11 is 0. The van der Waals surface area contributed by atoms with Gasteiger partial charge in [0, 0.05) is 39.5 Å². The Kier molecular flexibility index (Phi) is 9.55. The molecule has 0 saturated carbocycles. The van der Waals surface area contributed by atoms with Crippen molar-refractivity contribution >= 4 is 44.9 Å². The van der Waals surface area contributed by atoms with Crippen LogP contribution in [0.15, 0.2) is 243 Å². The number of nitrogens with zero attached hydrogens (tertiary/aromatic N) is 2. The molecule has 0 atom stereocenters. The standard InChI is InChI=1S/C61H46N2/c1-61(2)58-27-13-12-24-56(58)57-41-40-53(42-59(57)61)63(49-22-10-5-11-23-49)52-38-32-46(33-39-52)55-26-15-19-47-18-14-25-54(60(47)55)45-30-36-51(37-31-45)62(48-20-8-4-9-21-48)50-34-28-44(29-35-50)43-16-6-3-7-17-43/h3-42H,1-2H3. The van der Waals surface area contributed by atoms with Crippen molar-refractivity contribution in [2.45, 2.75) is 19.3 Å². The van der Waals surface area contributed by atoms with Gasteiger partial charge in [-0.1, -0.05) is 184 Å². The molecule has 300 valence electrons. The Labute approximate surface area is 370 Å². The minimum absolute atomic E-state index is 0.0864. The molecule has 2 nitrogen and oxygen atoms in total. The molecule has 1 aliphatic carbocycles. The Morgan fingerprint density at radius 2 is 0.651 bits per heavy atom. The summed E-state index contributed by atoms with van der Waals surface area (Å²) < 4.78 is 0. The molecule has 10 aromatic rings. The summed E-state index contributed by atoms with van der Waals surface area (Å²) in [4.78, 5) is 4.71. The van der Waals surface area contributed by atoms with Gasteiger partial charge >= 0.3 is 0 Å². The van der Waals surface area contributed by atoms with E-state index in [1.54, 1.807) is 0 Å². The third-order valence-corrected chi connectivity index (χ3v) is 12.9. The molecule has 10 aromatic carbocycles. The minimum atomic E-state index is -0.0864. The van der Waals surface area contributed by atoms with Crippen molar-refractivity contribution < 1.29 is 0 Å². The number of rotatable bonds is 9. The second-order valence-corrected chi connectivity index (χ2v) is 17.0. The number of hydrogen-bond acceptors (Lipinski definition) is 2. The van der Waals surface area contributed by atoms with Crippen LogP contribution in [0.5, 0.6) is 0 Å². The van der Waals surface area contributed by atoms with Gasteiger partial charge in [-0.3, -0.25) is 0 Å². The molecule has 0 saturated heterocycles. The monoisotopic (exact) mass is 806 g/mol. The predicted molar refractivity (Wildman–Crippen MR) is 267 cm³/mol. The Bertz CT molecular complexity index is 3200. The van der Waals surface area contributed by atoms with Crippen molar-refractivity contribution in [2.24, 2.45) is 0 Å². The van der Waals surface area contributed by atoms with Crippen LogP contribution in [0.25, 0.3) is 55.3 Å². The van der Waals surface area contributed by atoms with Crippen LogP contribution in [0.3, 0.4) is 0 Å². The maximum atomic E-state index is 2.40. The topological polar surface area (TPSA) is 6.48 Å². The van der Waals surface area contributed by atoms with E-state index in [1.807, 2.05) is 0 Å². The molecule has 1 aliphatic rings. The Morgan fingerprint density at radius 1 is 0.270 bits per heavy atom. The molecule has 0 unspecified atom stereocenters. The first kappa shape index (κ1) is 38.0. The van der Waals surface area contributed by atoms with Crippen LogP contribution >= 0.6 is 0 Å². The van der Waals surface area contributed by atoms with E-state index in [9.17, 15) is 0 Å². The molecule has 0 fully saturated rings. The van der Waals surface area contributed by atoms with Crippen LogP contribution in [-0.4, -0.2) is 0 Å². The molecule has 0 radical (unpaired) electrons. The lowest BCUT2D eigenvalue weighted by molar-refractivity contribution is 0.660. The molecular formula is C61H46N2. The summed E-state index contributed by atoms with van der Waals surface area (Å²) in [6.45, 7) is 4.70. The SMILES string of the molecule is CC1(C)c2ccccc2-c2ccc(N(c3ccccc3)c3ccc(-c4cccc5cccc(-c6ccc(N(c7ccccc7)c7ccc(-c8ccccc8)cc7)cc6)c45)cc3)cc21. The van der Waals surface area contributed by atoms with Crippen LogP contribution < -0.4 is 9.80 Å². The van der Waals surface area contributed by atoms with Gasteiger partial charge in [-0.15, -0.1) is 0 Å². The first-order chi connectivity index (χ1) is 31.0. The lowest BCUT2D eigenvalue weighted by Crippen LogP contribution is -2.16. The third-order valence-electron chi connectivity index (χ3n) is 12.9. The molecule has 0 heterocycles. The molecule has 0 N–H and O–H groups in total. The molecule has 63 heavy (non-hydrogen) atoms. The Morgan fingerprint density at radius 3 is 1.19 bits per heavy atom. The second kappa shape index (κ2) is 15.8. The highest BCUT2D eigenvalue weighted by Crippen LogP contribution is 2.51.